The Kier molecular flexibility index (Phi) is 3.43. The highest BCUT2D eigenvalue weighted by atomic mass is 79.9. The highest BCUT2D eigenvalue weighted by molar-refractivity contribution is 9.10. The minimum atomic E-state index is 0.131. The van der Waals surface area contributed by atoms with E-state index in [0.717, 1.165) is 21.5 Å². The normalized spacial score (nSPS) is 10.8. The quantitative estimate of drug-likeness (QED) is 0.802. The van der Waals surface area contributed by atoms with Gasteiger partial charge >= 0.3 is 0 Å². The van der Waals surface area contributed by atoms with Crippen LogP contribution in [-0.4, -0.2) is 11.3 Å². The number of carbonyl (C=O) groups excluding carboxylic acids is 1. The predicted octanol–water partition coefficient (Wildman–Crippen LogP) is 4.04. The van der Waals surface area contributed by atoms with Gasteiger partial charge in [-0.25, -0.2) is 4.98 Å². The van der Waals surface area contributed by atoms with Gasteiger partial charge in [-0.1, -0.05) is 41.9 Å². The second-order valence-corrected chi connectivity index (χ2v) is 4.96. The van der Waals surface area contributed by atoms with Crippen LogP contribution in [0.4, 0.5) is 0 Å². The van der Waals surface area contributed by atoms with Crippen molar-refractivity contribution >= 4 is 22.2 Å². The number of aromatic nitrogens is 1. The van der Waals surface area contributed by atoms with Gasteiger partial charge in [-0.15, -0.1) is 0 Å². The molecule has 0 amide bonds. The minimum absolute atomic E-state index is 0.131. The fraction of sp³-hybridized carbons (Fsp3) is 0.231. The third-order valence-electron chi connectivity index (χ3n) is 2.41. The van der Waals surface area contributed by atoms with E-state index in [1.165, 1.54) is 0 Å². The molecule has 1 aromatic heterocycles. The van der Waals surface area contributed by atoms with E-state index in [0.29, 0.717) is 6.29 Å². The van der Waals surface area contributed by atoms with Gasteiger partial charge in [0.25, 0.3) is 5.89 Å². The summed E-state index contributed by atoms with van der Waals surface area (Å²) in [4.78, 5) is 14.9. The van der Waals surface area contributed by atoms with Gasteiger partial charge < -0.3 is 4.42 Å². The minimum Gasteiger partial charge on any atom is -0.438 e. The first kappa shape index (κ1) is 12.0. The lowest BCUT2D eigenvalue weighted by Gasteiger charge is -2.03. The number of hydrogen-bond acceptors (Lipinski definition) is 3. The Balaban J connectivity index is 2.53. The number of rotatable bonds is 3. The Morgan fingerprint density at radius 2 is 1.94 bits per heavy atom. The highest BCUT2D eigenvalue weighted by Gasteiger charge is 2.17. The van der Waals surface area contributed by atoms with E-state index in [4.69, 9.17) is 4.42 Å². The molecule has 2 rings (SSSR count). The smallest absolute Gasteiger partial charge is 0.260 e. The van der Waals surface area contributed by atoms with E-state index in [1.807, 2.05) is 38.1 Å². The van der Waals surface area contributed by atoms with Gasteiger partial charge in [0.05, 0.1) is 0 Å². The van der Waals surface area contributed by atoms with Crippen LogP contribution in [0, 0.1) is 0 Å². The van der Waals surface area contributed by atoms with Crippen LogP contribution in [-0.2, 0) is 0 Å². The number of oxazole rings is 1. The van der Waals surface area contributed by atoms with Crippen LogP contribution in [0.15, 0.2) is 33.2 Å². The molecular weight excluding hydrogens is 282 g/mol. The zero-order valence-corrected chi connectivity index (χ0v) is 11.2. The molecule has 0 atom stereocenters. The van der Waals surface area contributed by atoms with Gasteiger partial charge in [0.2, 0.25) is 6.29 Å². The van der Waals surface area contributed by atoms with Crippen molar-refractivity contribution in [3.63, 3.8) is 0 Å². The fourth-order valence-corrected chi connectivity index (χ4v) is 1.87. The average Bonchev–Trinajstić information content (AvgIpc) is 2.74. The van der Waals surface area contributed by atoms with Gasteiger partial charge in [0, 0.05) is 16.0 Å². The maximum Gasteiger partial charge on any atom is 0.260 e. The van der Waals surface area contributed by atoms with E-state index in [1.54, 1.807) is 0 Å². The molecule has 0 aliphatic carbocycles. The van der Waals surface area contributed by atoms with E-state index in [9.17, 15) is 4.79 Å². The lowest BCUT2D eigenvalue weighted by Crippen LogP contribution is -1.88. The number of hydrogen-bond donors (Lipinski definition) is 0. The molecule has 1 heterocycles. The van der Waals surface area contributed by atoms with Crippen LogP contribution < -0.4 is 0 Å². The van der Waals surface area contributed by atoms with Gasteiger partial charge in [-0.3, -0.25) is 4.79 Å². The zero-order valence-electron chi connectivity index (χ0n) is 9.61. The van der Waals surface area contributed by atoms with Crippen LogP contribution in [0.25, 0.3) is 11.3 Å². The summed E-state index contributed by atoms with van der Waals surface area (Å²) in [7, 11) is 0. The first-order chi connectivity index (χ1) is 8.11. The van der Waals surface area contributed by atoms with Crippen LogP contribution in [0.3, 0.4) is 0 Å². The van der Waals surface area contributed by atoms with Crippen molar-refractivity contribution in [1.82, 2.24) is 4.98 Å². The molecule has 0 N–H and O–H groups in total. The lowest BCUT2D eigenvalue weighted by molar-refractivity contribution is 0.109. The van der Waals surface area contributed by atoms with Crippen LogP contribution in [0.2, 0.25) is 0 Å². The molecule has 0 aliphatic heterocycles. The Labute approximate surface area is 108 Å². The largest absolute Gasteiger partial charge is 0.438 e. The molecule has 4 heteroatoms. The molecule has 17 heavy (non-hydrogen) atoms. The number of carbonyl (C=O) groups is 1. The summed E-state index contributed by atoms with van der Waals surface area (Å²) >= 11 is 3.38. The molecular formula is C13H12BrNO2. The molecule has 0 saturated carbocycles. The molecule has 2 aromatic rings. The van der Waals surface area contributed by atoms with Crippen molar-refractivity contribution < 1.29 is 9.21 Å². The molecule has 0 bridgehead atoms. The summed E-state index contributed by atoms with van der Waals surface area (Å²) in [5.74, 6) is 1.07. The zero-order chi connectivity index (χ0) is 12.4. The summed E-state index contributed by atoms with van der Waals surface area (Å²) < 4.78 is 6.43. The number of nitrogens with zero attached hydrogens (tertiary/aromatic N) is 1. The molecule has 0 fully saturated rings. The number of aldehydes is 1. The van der Waals surface area contributed by atoms with E-state index in [-0.39, 0.29) is 11.8 Å². The van der Waals surface area contributed by atoms with Gasteiger partial charge in [-0.05, 0) is 12.1 Å². The molecule has 0 spiro atoms. The first-order valence-electron chi connectivity index (χ1n) is 5.33. The molecule has 3 nitrogen and oxygen atoms in total. The van der Waals surface area contributed by atoms with E-state index < -0.39 is 0 Å². The Hall–Kier alpha value is -1.42. The molecule has 0 aliphatic rings. The molecule has 1 aromatic carbocycles. The van der Waals surface area contributed by atoms with Gasteiger partial charge in [0.15, 0.2) is 0 Å². The van der Waals surface area contributed by atoms with Crippen molar-refractivity contribution in [3.8, 4) is 11.3 Å². The summed E-state index contributed by atoms with van der Waals surface area (Å²) in [6.07, 6.45) is 0.633. The molecule has 0 radical (unpaired) electrons. The first-order valence-corrected chi connectivity index (χ1v) is 6.13. The summed E-state index contributed by atoms with van der Waals surface area (Å²) in [5.41, 5.74) is 1.70. The van der Waals surface area contributed by atoms with Crippen molar-refractivity contribution in [2.45, 2.75) is 19.8 Å². The summed E-state index contributed by atoms with van der Waals surface area (Å²) in [5, 5.41) is 0. The third-order valence-corrected chi connectivity index (χ3v) is 2.94. The van der Waals surface area contributed by atoms with Gasteiger partial charge in [0.1, 0.15) is 11.5 Å². The van der Waals surface area contributed by atoms with Crippen LogP contribution in [0.5, 0.6) is 0 Å². The topological polar surface area (TPSA) is 43.1 Å². The van der Waals surface area contributed by atoms with Crippen molar-refractivity contribution in [2.24, 2.45) is 0 Å². The van der Waals surface area contributed by atoms with Crippen LogP contribution in [0.1, 0.15) is 36.2 Å². The highest BCUT2D eigenvalue weighted by Crippen LogP contribution is 2.29. The maximum absolute atomic E-state index is 10.7. The maximum atomic E-state index is 10.7. The molecule has 0 unspecified atom stereocenters. The number of halogens is 1. The average molecular weight is 294 g/mol. The molecule has 0 saturated heterocycles. The Morgan fingerprint density at radius 1 is 1.29 bits per heavy atom. The second-order valence-electron chi connectivity index (χ2n) is 4.04. The monoisotopic (exact) mass is 293 g/mol. The SMILES string of the molecule is CC(C)c1oc(C=O)nc1-c1ccc(Br)cc1. The predicted molar refractivity (Wildman–Crippen MR) is 69.1 cm³/mol. The van der Waals surface area contributed by atoms with E-state index >= 15 is 0 Å². The summed E-state index contributed by atoms with van der Waals surface area (Å²) in [6.45, 7) is 4.02. The standard InChI is InChI=1S/C13H12BrNO2/c1-8(2)13-12(15-11(7-16)17-13)9-3-5-10(14)6-4-9/h3-8H,1-2H3. The third kappa shape index (κ3) is 2.47. The lowest BCUT2D eigenvalue weighted by atomic mass is 10.0. The van der Waals surface area contributed by atoms with Crippen LogP contribution >= 0.6 is 15.9 Å². The second kappa shape index (κ2) is 4.84. The number of benzene rings is 1. The molecule has 88 valence electrons. The van der Waals surface area contributed by atoms with Gasteiger partial charge in [-0.2, -0.15) is 0 Å². The Bertz CT molecular complexity index is 529. The van der Waals surface area contributed by atoms with Crippen molar-refractivity contribution in [2.75, 3.05) is 0 Å². The van der Waals surface area contributed by atoms with E-state index in [2.05, 4.69) is 20.9 Å². The van der Waals surface area contributed by atoms with Crippen molar-refractivity contribution in [3.05, 3.63) is 40.4 Å². The summed E-state index contributed by atoms with van der Waals surface area (Å²) in [6, 6.07) is 7.77. The van der Waals surface area contributed by atoms with Crippen molar-refractivity contribution in [1.29, 1.82) is 0 Å². The fourth-order valence-electron chi connectivity index (χ4n) is 1.61. The Morgan fingerprint density at radius 3 is 2.47 bits per heavy atom.